The first-order valence-electron chi connectivity index (χ1n) is 11.4. The van der Waals surface area contributed by atoms with E-state index >= 15 is 0 Å². The van der Waals surface area contributed by atoms with Crippen molar-refractivity contribution in [2.45, 2.75) is 49.0 Å². The van der Waals surface area contributed by atoms with E-state index in [1.54, 1.807) is 6.07 Å². The molecular weight excluding hydrogens is 406 g/mol. The van der Waals surface area contributed by atoms with Crippen molar-refractivity contribution in [1.29, 1.82) is 0 Å². The summed E-state index contributed by atoms with van der Waals surface area (Å²) in [4.78, 5) is 39.5. The van der Waals surface area contributed by atoms with Gasteiger partial charge in [-0.25, -0.2) is 4.79 Å². The highest BCUT2D eigenvalue weighted by atomic mass is 16.6. The fourth-order valence-corrected chi connectivity index (χ4v) is 5.71. The van der Waals surface area contributed by atoms with Crippen LogP contribution in [0.25, 0.3) is 0 Å². The predicted octanol–water partition coefficient (Wildman–Crippen LogP) is 3.59. The number of ether oxygens (including phenoxy) is 1. The number of benzene rings is 2. The van der Waals surface area contributed by atoms with Crippen molar-refractivity contribution in [3.63, 3.8) is 0 Å². The summed E-state index contributed by atoms with van der Waals surface area (Å²) >= 11 is 0. The Labute approximate surface area is 186 Å². The van der Waals surface area contributed by atoms with E-state index in [2.05, 4.69) is 0 Å². The standard InChI is InChI=1S/C26H25NO5/c28-22(29)21(16-5-6-16)17-7-9-18(10-8-17)25(11-12-25)24(31)27-14-13-26(15-27)20-4-2-1-3-19(20)23(30)32-26/h1-4,7-10,16,21H,5-6,11-15H2,(H,28,29)/t21?,26-/m0/s1. The Bertz CT molecular complexity index is 1130. The summed E-state index contributed by atoms with van der Waals surface area (Å²) in [7, 11) is 0. The zero-order chi connectivity index (χ0) is 22.1. The molecule has 2 saturated carbocycles. The number of amides is 1. The summed E-state index contributed by atoms with van der Waals surface area (Å²) in [6, 6.07) is 15.1. The Kier molecular flexibility index (Phi) is 4.07. The van der Waals surface area contributed by atoms with E-state index in [0.29, 0.717) is 25.1 Å². The molecule has 1 unspecified atom stereocenters. The lowest BCUT2D eigenvalue weighted by Gasteiger charge is -2.27. The van der Waals surface area contributed by atoms with E-state index in [1.165, 1.54) is 0 Å². The summed E-state index contributed by atoms with van der Waals surface area (Å²) < 4.78 is 5.80. The molecule has 1 spiro atoms. The second-order valence-corrected chi connectivity index (χ2v) is 9.76. The van der Waals surface area contributed by atoms with Crippen molar-refractivity contribution >= 4 is 17.8 Å². The Morgan fingerprint density at radius 1 is 1.03 bits per heavy atom. The number of aliphatic carboxylic acids is 1. The molecule has 2 aromatic rings. The Balaban J connectivity index is 1.23. The van der Waals surface area contributed by atoms with Gasteiger partial charge in [-0.05, 0) is 48.8 Å². The maximum atomic E-state index is 13.6. The van der Waals surface area contributed by atoms with Crippen LogP contribution < -0.4 is 0 Å². The molecule has 1 N–H and O–H groups in total. The highest BCUT2D eigenvalue weighted by molar-refractivity contribution is 5.96. The number of fused-ring (bicyclic) bond motifs is 2. The quantitative estimate of drug-likeness (QED) is 0.732. The maximum absolute atomic E-state index is 13.6. The molecule has 6 heteroatoms. The molecule has 164 valence electrons. The minimum Gasteiger partial charge on any atom is -0.481 e. The highest BCUT2D eigenvalue weighted by Crippen LogP contribution is 2.52. The molecular formula is C26H25NO5. The molecule has 32 heavy (non-hydrogen) atoms. The number of hydrogen-bond acceptors (Lipinski definition) is 4. The number of carbonyl (C=O) groups excluding carboxylic acids is 2. The van der Waals surface area contributed by atoms with Crippen LogP contribution in [0.3, 0.4) is 0 Å². The molecule has 2 aliphatic carbocycles. The number of hydrogen-bond donors (Lipinski definition) is 1. The van der Waals surface area contributed by atoms with E-state index < -0.39 is 22.9 Å². The first kappa shape index (κ1) is 19.5. The van der Waals surface area contributed by atoms with Gasteiger partial charge in [-0.15, -0.1) is 0 Å². The summed E-state index contributed by atoms with van der Waals surface area (Å²) in [6.45, 7) is 0.945. The van der Waals surface area contributed by atoms with Crippen molar-refractivity contribution in [3.05, 3.63) is 70.8 Å². The molecule has 2 heterocycles. The van der Waals surface area contributed by atoms with Crippen molar-refractivity contribution in [2.24, 2.45) is 5.92 Å². The van der Waals surface area contributed by atoms with Crippen molar-refractivity contribution in [1.82, 2.24) is 4.90 Å². The van der Waals surface area contributed by atoms with Crippen molar-refractivity contribution < 1.29 is 24.2 Å². The van der Waals surface area contributed by atoms with Gasteiger partial charge in [-0.3, -0.25) is 9.59 Å². The third kappa shape index (κ3) is 2.81. The monoisotopic (exact) mass is 431 g/mol. The van der Waals surface area contributed by atoms with Gasteiger partial charge in [-0.2, -0.15) is 0 Å². The molecule has 1 saturated heterocycles. The highest BCUT2D eigenvalue weighted by Gasteiger charge is 2.57. The SMILES string of the molecule is O=C1O[C@]2(CCN(C(=O)C3(c4ccc(C(C(=O)O)C5CC5)cc4)CC3)C2)c2ccccc21. The van der Waals surface area contributed by atoms with Crippen molar-refractivity contribution in [2.75, 3.05) is 13.1 Å². The number of likely N-dealkylation sites (tertiary alicyclic amines) is 1. The molecule has 0 bridgehead atoms. The van der Waals surface area contributed by atoms with Gasteiger partial charge in [-0.1, -0.05) is 42.5 Å². The molecule has 2 aliphatic heterocycles. The zero-order valence-corrected chi connectivity index (χ0v) is 17.8. The minimum atomic E-state index is -0.772. The first-order valence-corrected chi connectivity index (χ1v) is 11.4. The van der Waals surface area contributed by atoms with Gasteiger partial charge in [0.15, 0.2) is 5.60 Å². The number of rotatable bonds is 5. The maximum Gasteiger partial charge on any atom is 0.339 e. The largest absolute Gasteiger partial charge is 0.481 e. The van der Waals surface area contributed by atoms with E-state index in [-0.39, 0.29) is 17.8 Å². The van der Waals surface area contributed by atoms with Crippen LogP contribution in [0.5, 0.6) is 0 Å². The molecule has 6 rings (SSSR count). The lowest BCUT2D eigenvalue weighted by molar-refractivity contribution is -0.139. The van der Waals surface area contributed by atoms with Crippen LogP contribution in [-0.2, 0) is 25.3 Å². The van der Waals surface area contributed by atoms with Crippen LogP contribution in [0.1, 0.15) is 65.1 Å². The van der Waals surface area contributed by atoms with Crippen LogP contribution in [-0.4, -0.2) is 40.9 Å². The van der Waals surface area contributed by atoms with Crippen LogP contribution in [0, 0.1) is 5.92 Å². The average Bonchev–Trinajstić information content (AvgIpc) is 3.72. The van der Waals surface area contributed by atoms with E-state index in [4.69, 9.17) is 4.74 Å². The smallest absolute Gasteiger partial charge is 0.339 e. The fourth-order valence-electron chi connectivity index (χ4n) is 5.71. The Morgan fingerprint density at radius 2 is 1.75 bits per heavy atom. The lowest BCUT2D eigenvalue weighted by atomic mass is 9.89. The third-order valence-electron chi connectivity index (χ3n) is 7.79. The van der Waals surface area contributed by atoms with E-state index in [9.17, 15) is 19.5 Å². The minimum absolute atomic E-state index is 0.0829. The van der Waals surface area contributed by atoms with Gasteiger partial charge < -0.3 is 14.7 Å². The second kappa shape index (κ2) is 6.67. The van der Waals surface area contributed by atoms with E-state index in [1.807, 2.05) is 47.4 Å². The number of carboxylic acids is 1. The van der Waals surface area contributed by atoms with Gasteiger partial charge in [0.05, 0.1) is 23.4 Å². The topological polar surface area (TPSA) is 83.9 Å². The molecule has 2 aromatic carbocycles. The number of nitrogens with zero attached hydrogens (tertiary/aromatic N) is 1. The summed E-state index contributed by atoms with van der Waals surface area (Å²) in [5.74, 6) is -1.22. The fraction of sp³-hybridized carbons (Fsp3) is 0.423. The zero-order valence-electron chi connectivity index (χ0n) is 17.8. The number of carbonyl (C=O) groups is 3. The third-order valence-corrected chi connectivity index (χ3v) is 7.79. The molecule has 2 atom stereocenters. The van der Waals surface area contributed by atoms with Gasteiger partial charge >= 0.3 is 11.9 Å². The summed E-state index contributed by atoms with van der Waals surface area (Å²) in [5.41, 5.74) is 1.99. The second-order valence-electron chi connectivity index (χ2n) is 9.76. The molecule has 1 amide bonds. The van der Waals surface area contributed by atoms with Gasteiger partial charge in [0.2, 0.25) is 5.91 Å². The normalized spacial score (nSPS) is 26.0. The Hall–Kier alpha value is -3.15. The molecule has 3 fully saturated rings. The molecule has 4 aliphatic rings. The van der Waals surface area contributed by atoms with Crippen LogP contribution in [0.4, 0.5) is 0 Å². The average molecular weight is 431 g/mol. The van der Waals surface area contributed by atoms with Crippen LogP contribution in [0.15, 0.2) is 48.5 Å². The van der Waals surface area contributed by atoms with Crippen molar-refractivity contribution in [3.8, 4) is 0 Å². The molecule has 0 aromatic heterocycles. The molecule has 0 radical (unpaired) electrons. The number of esters is 1. The van der Waals surface area contributed by atoms with Gasteiger partial charge in [0.25, 0.3) is 0 Å². The van der Waals surface area contributed by atoms with Crippen LogP contribution in [0.2, 0.25) is 0 Å². The Morgan fingerprint density at radius 3 is 2.41 bits per heavy atom. The molecule has 6 nitrogen and oxygen atoms in total. The lowest BCUT2D eigenvalue weighted by Crippen LogP contribution is -2.40. The van der Waals surface area contributed by atoms with Gasteiger partial charge in [0, 0.05) is 18.5 Å². The van der Waals surface area contributed by atoms with E-state index in [0.717, 1.165) is 42.4 Å². The number of carboxylic acid groups (broad SMARTS) is 1. The summed E-state index contributed by atoms with van der Waals surface area (Å²) in [5, 5.41) is 9.60. The van der Waals surface area contributed by atoms with Gasteiger partial charge in [0.1, 0.15) is 0 Å². The predicted molar refractivity (Wildman–Crippen MR) is 115 cm³/mol. The first-order chi connectivity index (χ1) is 15.4. The van der Waals surface area contributed by atoms with Crippen LogP contribution >= 0.6 is 0 Å². The summed E-state index contributed by atoms with van der Waals surface area (Å²) in [6.07, 6.45) is 4.11.